The zero-order valence-corrected chi connectivity index (χ0v) is 19.7. The van der Waals surface area contributed by atoms with Gasteiger partial charge in [0.15, 0.2) is 0 Å². The van der Waals surface area contributed by atoms with Crippen molar-refractivity contribution in [3.8, 4) is 0 Å². The van der Waals surface area contributed by atoms with Crippen LogP contribution in [0.4, 0.5) is 11.5 Å². The van der Waals surface area contributed by atoms with Gasteiger partial charge < -0.3 is 15.1 Å². The molecule has 176 valence electrons. The third-order valence-electron chi connectivity index (χ3n) is 7.99. The minimum atomic E-state index is -0.178. The molecular weight excluding hydrogens is 410 g/mol. The number of hydrogen-bond acceptors (Lipinski definition) is 5. The van der Waals surface area contributed by atoms with E-state index in [1.54, 1.807) is 30.6 Å². The molecular formula is C27H37N5O. The van der Waals surface area contributed by atoms with E-state index in [2.05, 4.69) is 25.1 Å². The smallest absolute Gasteiger partial charge is 0.274 e. The summed E-state index contributed by atoms with van der Waals surface area (Å²) >= 11 is 0. The Morgan fingerprint density at radius 2 is 1.64 bits per heavy atom. The molecule has 5 rings (SSSR count). The number of rotatable bonds is 7. The second-order valence-electron chi connectivity index (χ2n) is 10.2. The number of aromatic nitrogens is 2. The molecule has 2 saturated heterocycles. The highest BCUT2D eigenvalue weighted by molar-refractivity contribution is 6.03. The van der Waals surface area contributed by atoms with Crippen LogP contribution in [0.5, 0.6) is 0 Å². The second kappa shape index (κ2) is 10.6. The molecule has 6 heteroatoms. The summed E-state index contributed by atoms with van der Waals surface area (Å²) in [5.74, 6) is 2.40. The molecule has 1 saturated carbocycles. The molecule has 2 aromatic heterocycles. The molecule has 2 aliphatic heterocycles. The van der Waals surface area contributed by atoms with Crippen molar-refractivity contribution in [1.82, 2.24) is 14.9 Å². The van der Waals surface area contributed by atoms with Gasteiger partial charge in [-0.15, -0.1) is 0 Å². The fourth-order valence-corrected chi connectivity index (χ4v) is 5.98. The number of carbonyl (C=O) groups is 1. The first-order chi connectivity index (χ1) is 16.2. The fraction of sp³-hybridized carbons (Fsp3) is 0.593. The summed E-state index contributed by atoms with van der Waals surface area (Å²) in [5, 5.41) is 2.90. The van der Waals surface area contributed by atoms with Crippen molar-refractivity contribution >= 4 is 17.4 Å². The van der Waals surface area contributed by atoms with Crippen molar-refractivity contribution in [1.29, 1.82) is 0 Å². The average Bonchev–Trinajstić information content (AvgIpc) is 3.57. The zero-order valence-electron chi connectivity index (χ0n) is 19.7. The Labute approximate surface area is 197 Å². The number of piperidine rings is 1. The van der Waals surface area contributed by atoms with Gasteiger partial charge in [-0.3, -0.25) is 9.78 Å². The number of anilines is 2. The molecule has 3 aliphatic rings. The summed E-state index contributed by atoms with van der Waals surface area (Å²) in [6.07, 6.45) is 15.8. The van der Waals surface area contributed by atoms with Gasteiger partial charge in [0, 0.05) is 37.2 Å². The van der Waals surface area contributed by atoms with E-state index in [-0.39, 0.29) is 5.91 Å². The molecule has 0 radical (unpaired) electrons. The van der Waals surface area contributed by atoms with Crippen LogP contribution < -0.4 is 10.2 Å². The molecule has 2 aromatic rings. The van der Waals surface area contributed by atoms with Crippen LogP contribution in [0, 0.1) is 11.8 Å². The zero-order chi connectivity index (χ0) is 22.5. The van der Waals surface area contributed by atoms with Crippen LogP contribution in [0.25, 0.3) is 0 Å². The van der Waals surface area contributed by atoms with E-state index in [4.69, 9.17) is 0 Å². The molecule has 0 unspecified atom stereocenters. The summed E-state index contributed by atoms with van der Waals surface area (Å²) in [5.41, 5.74) is 1.19. The van der Waals surface area contributed by atoms with Gasteiger partial charge in [0.25, 0.3) is 5.91 Å². The SMILES string of the molecule is O=C(Nc1ccncc1)c1cccc(N2CC[C@@H](CCC3CCN(C4CCCC4)CC3)C2)n1. The molecule has 6 nitrogen and oxygen atoms in total. The third kappa shape index (κ3) is 5.72. The largest absolute Gasteiger partial charge is 0.356 e. The predicted molar refractivity (Wildman–Crippen MR) is 133 cm³/mol. The van der Waals surface area contributed by atoms with Crippen molar-refractivity contribution in [3.05, 3.63) is 48.4 Å². The van der Waals surface area contributed by atoms with Crippen LogP contribution >= 0.6 is 0 Å². The van der Waals surface area contributed by atoms with Gasteiger partial charge >= 0.3 is 0 Å². The number of hydrogen-bond donors (Lipinski definition) is 1. The highest BCUT2D eigenvalue weighted by atomic mass is 16.1. The van der Waals surface area contributed by atoms with Gasteiger partial charge in [0.2, 0.25) is 0 Å². The normalized spacial score (nSPS) is 22.7. The topological polar surface area (TPSA) is 61.4 Å². The second-order valence-corrected chi connectivity index (χ2v) is 10.2. The Balaban J connectivity index is 1.08. The molecule has 0 spiro atoms. The Kier molecular flexibility index (Phi) is 7.20. The summed E-state index contributed by atoms with van der Waals surface area (Å²) in [7, 11) is 0. The highest BCUT2D eigenvalue weighted by Gasteiger charge is 2.29. The minimum absolute atomic E-state index is 0.178. The lowest BCUT2D eigenvalue weighted by molar-refractivity contribution is 0.102. The van der Waals surface area contributed by atoms with Gasteiger partial charge in [-0.1, -0.05) is 25.3 Å². The third-order valence-corrected chi connectivity index (χ3v) is 7.99. The van der Waals surface area contributed by atoms with Gasteiger partial charge in [0.1, 0.15) is 11.5 Å². The quantitative estimate of drug-likeness (QED) is 0.648. The monoisotopic (exact) mass is 447 g/mol. The Morgan fingerprint density at radius 1 is 0.909 bits per heavy atom. The van der Waals surface area contributed by atoms with Gasteiger partial charge in [-0.05, 0) is 87.7 Å². The van der Waals surface area contributed by atoms with Crippen molar-refractivity contribution in [2.24, 2.45) is 11.8 Å². The number of carbonyl (C=O) groups excluding carboxylic acids is 1. The van der Waals surface area contributed by atoms with Crippen molar-refractivity contribution in [2.45, 2.75) is 63.8 Å². The Bertz CT molecular complexity index is 906. The van der Waals surface area contributed by atoms with Crippen LogP contribution in [-0.2, 0) is 0 Å². The first kappa shape index (κ1) is 22.3. The molecule has 0 bridgehead atoms. The summed E-state index contributed by atoms with van der Waals surface area (Å²) < 4.78 is 0. The Morgan fingerprint density at radius 3 is 2.42 bits per heavy atom. The lowest BCUT2D eigenvalue weighted by Crippen LogP contribution is -2.40. The summed E-state index contributed by atoms with van der Waals surface area (Å²) in [4.78, 5) is 26.4. The first-order valence-electron chi connectivity index (χ1n) is 12.9. The van der Waals surface area contributed by atoms with Crippen LogP contribution in [-0.4, -0.2) is 53.0 Å². The summed E-state index contributed by atoms with van der Waals surface area (Å²) in [6, 6.07) is 10.2. The van der Waals surface area contributed by atoms with Crippen LogP contribution in [0.3, 0.4) is 0 Å². The van der Waals surface area contributed by atoms with Crippen LogP contribution in [0.1, 0.15) is 68.3 Å². The maximum Gasteiger partial charge on any atom is 0.274 e. The highest BCUT2D eigenvalue weighted by Crippen LogP contribution is 2.32. The molecule has 0 aromatic carbocycles. The van der Waals surface area contributed by atoms with E-state index in [9.17, 15) is 4.79 Å². The number of nitrogens with one attached hydrogen (secondary N) is 1. The number of likely N-dealkylation sites (tertiary alicyclic amines) is 1. The fourth-order valence-electron chi connectivity index (χ4n) is 5.98. The lowest BCUT2D eigenvalue weighted by atomic mass is 9.88. The van der Waals surface area contributed by atoms with E-state index < -0.39 is 0 Å². The molecule has 1 N–H and O–H groups in total. The maximum absolute atomic E-state index is 12.6. The van der Waals surface area contributed by atoms with Crippen LogP contribution in [0.15, 0.2) is 42.7 Å². The van der Waals surface area contributed by atoms with E-state index in [1.807, 2.05) is 12.1 Å². The molecule has 1 atom stereocenters. The Hall–Kier alpha value is -2.47. The molecule has 1 amide bonds. The van der Waals surface area contributed by atoms with Crippen molar-refractivity contribution in [3.63, 3.8) is 0 Å². The number of pyridine rings is 2. The van der Waals surface area contributed by atoms with Gasteiger partial charge in [-0.2, -0.15) is 0 Å². The van der Waals surface area contributed by atoms with E-state index in [0.717, 1.165) is 42.5 Å². The number of nitrogens with zero attached hydrogens (tertiary/aromatic N) is 4. The van der Waals surface area contributed by atoms with Crippen molar-refractivity contribution < 1.29 is 4.79 Å². The summed E-state index contributed by atoms with van der Waals surface area (Å²) in [6.45, 7) is 4.74. The van der Waals surface area contributed by atoms with E-state index in [0.29, 0.717) is 5.69 Å². The van der Waals surface area contributed by atoms with Gasteiger partial charge in [-0.25, -0.2) is 4.98 Å². The van der Waals surface area contributed by atoms with Crippen LogP contribution in [0.2, 0.25) is 0 Å². The number of amides is 1. The lowest BCUT2D eigenvalue weighted by Gasteiger charge is -2.36. The molecule has 1 aliphatic carbocycles. The minimum Gasteiger partial charge on any atom is -0.356 e. The van der Waals surface area contributed by atoms with E-state index in [1.165, 1.54) is 70.9 Å². The maximum atomic E-state index is 12.6. The van der Waals surface area contributed by atoms with Gasteiger partial charge in [0.05, 0.1) is 0 Å². The first-order valence-corrected chi connectivity index (χ1v) is 12.9. The molecule has 33 heavy (non-hydrogen) atoms. The standard InChI is InChI=1S/C27H37N5O/c33-27(29-23-10-15-28-16-11-23)25-6-3-7-26(30-25)32-19-14-22(20-32)9-8-21-12-17-31(18-13-21)24-4-1-2-5-24/h3,6-7,10-11,15-16,21-22,24H,1-2,4-5,8-9,12-14,17-20H2,(H,28,29,33)/t22-/m1/s1. The average molecular weight is 448 g/mol. The van der Waals surface area contributed by atoms with E-state index >= 15 is 0 Å². The predicted octanol–water partition coefficient (Wildman–Crippen LogP) is 4.99. The van der Waals surface area contributed by atoms with Crippen molar-refractivity contribution in [2.75, 3.05) is 36.4 Å². The molecule has 4 heterocycles. The molecule has 3 fully saturated rings.